The zero-order chi connectivity index (χ0) is 19.6. The summed E-state index contributed by atoms with van der Waals surface area (Å²) in [6.45, 7) is 9.02. The van der Waals surface area contributed by atoms with Crippen LogP contribution in [0.5, 0.6) is 5.75 Å². The molecular weight excluding hydrogens is 342 g/mol. The second-order valence-corrected chi connectivity index (χ2v) is 7.30. The zero-order valence-corrected chi connectivity index (χ0v) is 16.9. The molecule has 1 aliphatic heterocycles. The summed E-state index contributed by atoms with van der Waals surface area (Å²) in [6.07, 6.45) is 2.90. The van der Waals surface area contributed by atoms with Crippen molar-refractivity contribution >= 4 is 11.8 Å². The molecule has 2 rings (SSSR count). The van der Waals surface area contributed by atoms with Crippen LogP contribution in [-0.4, -0.2) is 68.0 Å². The van der Waals surface area contributed by atoms with Gasteiger partial charge in [-0.05, 0) is 30.2 Å². The molecule has 1 atom stereocenters. The Hall–Kier alpha value is -2.08. The molecule has 2 amide bonds. The van der Waals surface area contributed by atoms with E-state index >= 15 is 0 Å². The lowest BCUT2D eigenvalue weighted by molar-refractivity contribution is -0.133. The molecule has 0 saturated carbocycles. The number of carbonyl (C=O) groups excluding carboxylic acids is 2. The highest BCUT2D eigenvalue weighted by Crippen LogP contribution is 2.13. The fourth-order valence-corrected chi connectivity index (χ4v) is 3.41. The van der Waals surface area contributed by atoms with Crippen LogP contribution in [0.2, 0.25) is 0 Å². The minimum Gasteiger partial charge on any atom is -0.497 e. The lowest BCUT2D eigenvalue weighted by Gasteiger charge is -2.35. The van der Waals surface area contributed by atoms with Gasteiger partial charge in [0.1, 0.15) is 5.75 Å². The minimum absolute atomic E-state index is 0.0728. The van der Waals surface area contributed by atoms with Crippen LogP contribution in [-0.2, 0) is 4.79 Å². The Bertz CT molecular complexity index is 595. The molecule has 0 aliphatic carbocycles. The molecule has 1 fully saturated rings. The van der Waals surface area contributed by atoms with Crippen molar-refractivity contribution < 1.29 is 14.3 Å². The summed E-state index contributed by atoms with van der Waals surface area (Å²) in [6, 6.07) is 7.09. The molecule has 6 heteroatoms. The van der Waals surface area contributed by atoms with Crippen molar-refractivity contribution in [1.82, 2.24) is 15.1 Å². The van der Waals surface area contributed by atoms with Gasteiger partial charge >= 0.3 is 0 Å². The van der Waals surface area contributed by atoms with Gasteiger partial charge in [-0.3, -0.25) is 14.5 Å². The Kier molecular flexibility index (Phi) is 8.58. The van der Waals surface area contributed by atoms with Gasteiger partial charge in [0, 0.05) is 51.3 Å². The Labute approximate surface area is 162 Å². The smallest absolute Gasteiger partial charge is 0.251 e. The van der Waals surface area contributed by atoms with E-state index in [1.807, 2.05) is 4.90 Å². The molecule has 0 bridgehead atoms. The third-order valence-electron chi connectivity index (χ3n) is 5.10. The summed E-state index contributed by atoms with van der Waals surface area (Å²) in [5, 5.41) is 2.96. The first-order valence-corrected chi connectivity index (χ1v) is 9.95. The Morgan fingerprint density at radius 1 is 1.15 bits per heavy atom. The molecule has 6 nitrogen and oxygen atoms in total. The SMILES string of the molecule is CCCC(C)CC(=O)N1CCN(CCNC(=O)c2ccc(OC)cc2)CC1. The standard InChI is InChI=1S/C21H33N3O3/c1-4-5-17(2)16-20(25)24-14-12-23(13-15-24)11-10-22-21(26)18-6-8-19(27-3)9-7-18/h6-9,17H,4-5,10-16H2,1-3H3,(H,22,26). The lowest BCUT2D eigenvalue weighted by Crippen LogP contribution is -2.50. The van der Waals surface area contributed by atoms with Crippen LogP contribution in [0.1, 0.15) is 43.5 Å². The number of benzene rings is 1. The van der Waals surface area contributed by atoms with Crippen LogP contribution in [0, 0.1) is 5.92 Å². The number of piperazine rings is 1. The van der Waals surface area contributed by atoms with E-state index in [4.69, 9.17) is 4.74 Å². The van der Waals surface area contributed by atoms with Crippen LogP contribution in [0.3, 0.4) is 0 Å². The molecule has 1 unspecified atom stereocenters. The second kappa shape index (κ2) is 10.9. The number of hydrogen-bond donors (Lipinski definition) is 1. The summed E-state index contributed by atoms with van der Waals surface area (Å²) in [4.78, 5) is 28.8. The van der Waals surface area contributed by atoms with Crippen LogP contribution in [0.15, 0.2) is 24.3 Å². The van der Waals surface area contributed by atoms with Crippen molar-refractivity contribution in [2.75, 3.05) is 46.4 Å². The van der Waals surface area contributed by atoms with Crippen LogP contribution in [0.25, 0.3) is 0 Å². The Morgan fingerprint density at radius 2 is 1.81 bits per heavy atom. The van der Waals surface area contributed by atoms with Gasteiger partial charge in [0.25, 0.3) is 5.91 Å². The molecule has 1 saturated heterocycles. The normalized spacial score (nSPS) is 16.0. The van der Waals surface area contributed by atoms with Crippen LogP contribution in [0.4, 0.5) is 0 Å². The largest absolute Gasteiger partial charge is 0.497 e. The number of nitrogens with one attached hydrogen (secondary N) is 1. The van der Waals surface area contributed by atoms with Gasteiger partial charge in [-0.25, -0.2) is 0 Å². The third-order valence-corrected chi connectivity index (χ3v) is 5.10. The van der Waals surface area contributed by atoms with Gasteiger partial charge in [0.05, 0.1) is 7.11 Å². The maximum atomic E-state index is 12.3. The van der Waals surface area contributed by atoms with E-state index in [9.17, 15) is 9.59 Å². The molecule has 1 aromatic carbocycles. The van der Waals surface area contributed by atoms with Crippen molar-refractivity contribution in [2.45, 2.75) is 33.1 Å². The van der Waals surface area contributed by atoms with E-state index in [1.54, 1.807) is 31.4 Å². The molecule has 1 heterocycles. The summed E-state index contributed by atoms with van der Waals surface area (Å²) >= 11 is 0. The maximum Gasteiger partial charge on any atom is 0.251 e. The van der Waals surface area contributed by atoms with E-state index in [-0.39, 0.29) is 11.8 Å². The first kappa shape index (κ1) is 21.2. The van der Waals surface area contributed by atoms with Crippen LogP contribution >= 0.6 is 0 Å². The topological polar surface area (TPSA) is 61.9 Å². The molecule has 27 heavy (non-hydrogen) atoms. The molecule has 1 aromatic rings. The first-order chi connectivity index (χ1) is 13.0. The van der Waals surface area contributed by atoms with Crippen molar-refractivity contribution in [3.05, 3.63) is 29.8 Å². The fourth-order valence-electron chi connectivity index (χ4n) is 3.41. The number of ether oxygens (including phenoxy) is 1. The fraction of sp³-hybridized carbons (Fsp3) is 0.619. The van der Waals surface area contributed by atoms with Crippen molar-refractivity contribution in [1.29, 1.82) is 0 Å². The van der Waals surface area contributed by atoms with Gasteiger partial charge < -0.3 is 15.0 Å². The second-order valence-electron chi connectivity index (χ2n) is 7.30. The summed E-state index contributed by atoms with van der Waals surface area (Å²) < 4.78 is 5.10. The molecule has 1 N–H and O–H groups in total. The van der Waals surface area contributed by atoms with Crippen molar-refractivity contribution in [2.24, 2.45) is 5.92 Å². The van der Waals surface area contributed by atoms with Gasteiger partial charge in [0.2, 0.25) is 5.91 Å². The highest BCUT2D eigenvalue weighted by Gasteiger charge is 2.22. The molecule has 0 spiro atoms. The number of hydrogen-bond acceptors (Lipinski definition) is 4. The third kappa shape index (κ3) is 6.86. The number of methoxy groups -OCH3 is 1. The number of amides is 2. The monoisotopic (exact) mass is 375 g/mol. The average molecular weight is 376 g/mol. The summed E-state index contributed by atoms with van der Waals surface area (Å²) in [5.41, 5.74) is 0.632. The molecule has 0 aromatic heterocycles. The summed E-state index contributed by atoms with van der Waals surface area (Å²) in [5.74, 6) is 1.41. The van der Waals surface area contributed by atoms with Gasteiger partial charge in [-0.1, -0.05) is 26.7 Å². The number of nitrogens with zero attached hydrogens (tertiary/aromatic N) is 2. The predicted octanol–water partition coefficient (Wildman–Crippen LogP) is 2.40. The summed E-state index contributed by atoms with van der Waals surface area (Å²) in [7, 11) is 1.61. The quantitative estimate of drug-likeness (QED) is 0.720. The van der Waals surface area contributed by atoms with E-state index < -0.39 is 0 Å². The highest BCUT2D eigenvalue weighted by molar-refractivity contribution is 5.94. The molecule has 1 aliphatic rings. The lowest BCUT2D eigenvalue weighted by atomic mass is 10.0. The van der Waals surface area contributed by atoms with Gasteiger partial charge in [-0.15, -0.1) is 0 Å². The van der Waals surface area contributed by atoms with Crippen molar-refractivity contribution in [3.63, 3.8) is 0 Å². The molecular formula is C21H33N3O3. The highest BCUT2D eigenvalue weighted by atomic mass is 16.5. The maximum absolute atomic E-state index is 12.3. The van der Waals surface area contributed by atoms with Crippen LogP contribution < -0.4 is 10.1 Å². The number of carbonyl (C=O) groups is 2. The van der Waals surface area contributed by atoms with Gasteiger partial charge in [-0.2, -0.15) is 0 Å². The average Bonchev–Trinajstić information content (AvgIpc) is 2.68. The Morgan fingerprint density at radius 3 is 2.41 bits per heavy atom. The van der Waals surface area contributed by atoms with Gasteiger partial charge in [0.15, 0.2) is 0 Å². The van der Waals surface area contributed by atoms with E-state index in [0.717, 1.165) is 51.3 Å². The molecule has 150 valence electrons. The number of rotatable bonds is 9. The van der Waals surface area contributed by atoms with E-state index in [2.05, 4.69) is 24.1 Å². The van der Waals surface area contributed by atoms with E-state index in [1.165, 1.54) is 0 Å². The minimum atomic E-state index is -0.0728. The molecule has 0 radical (unpaired) electrons. The zero-order valence-electron chi connectivity index (χ0n) is 16.9. The van der Waals surface area contributed by atoms with Crippen molar-refractivity contribution in [3.8, 4) is 5.75 Å². The first-order valence-electron chi connectivity index (χ1n) is 9.95. The van der Waals surface area contributed by atoms with E-state index in [0.29, 0.717) is 24.4 Å². The predicted molar refractivity (Wildman–Crippen MR) is 107 cm³/mol. The Balaban J connectivity index is 1.65.